The highest BCUT2D eigenvalue weighted by molar-refractivity contribution is 6.39. The average Bonchev–Trinajstić information content (AvgIpc) is 3.18. The smallest absolute Gasteiger partial charge is 0.261 e. The monoisotopic (exact) mass is 386 g/mol. The van der Waals surface area contributed by atoms with E-state index in [1.54, 1.807) is 54.6 Å². The summed E-state index contributed by atoms with van der Waals surface area (Å²) in [6.45, 7) is 0. The summed E-state index contributed by atoms with van der Waals surface area (Å²) in [5.41, 5.74) is 2.35. The van der Waals surface area contributed by atoms with Crippen LogP contribution in [0.1, 0.15) is 10.4 Å². The maximum atomic E-state index is 12.7. The molecule has 0 spiro atoms. The topological polar surface area (TPSA) is 77.1 Å². The van der Waals surface area contributed by atoms with Gasteiger partial charge in [0.15, 0.2) is 5.65 Å². The highest BCUT2D eigenvalue weighted by atomic mass is 35.5. The van der Waals surface area contributed by atoms with Crippen LogP contribution in [-0.4, -0.2) is 30.3 Å². The summed E-state index contributed by atoms with van der Waals surface area (Å²) in [5.74, 6) is -0.351. The van der Waals surface area contributed by atoms with Crippen LogP contribution in [0.15, 0.2) is 49.1 Å². The van der Waals surface area contributed by atoms with Crippen LogP contribution >= 0.6 is 23.2 Å². The number of benzene rings is 1. The molecule has 0 aliphatic heterocycles. The first-order valence-corrected chi connectivity index (χ1v) is 8.38. The predicted octanol–water partition coefficient (Wildman–Crippen LogP) is 3.69. The molecule has 4 aromatic rings. The molecular formula is C17H12Cl2N6O. The average molecular weight is 387 g/mol. The number of fused-ring (bicyclic) bond motifs is 1. The molecule has 0 aliphatic carbocycles. The lowest BCUT2D eigenvalue weighted by atomic mass is 10.1. The van der Waals surface area contributed by atoms with E-state index in [0.29, 0.717) is 38.2 Å². The minimum atomic E-state index is -0.351. The second-order valence-electron chi connectivity index (χ2n) is 5.56. The van der Waals surface area contributed by atoms with Crippen molar-refractivity contribution in [2.75, 3.05) is 5.32 Å². The molecule has 7 nitrogen and oxygen atoms in total. The number of anilines is 1. The molecular weight excluding hydrogens is 375 g/mol. The zero-order valence-electron chi connectivity index (χ0n) is 13.5. The molecule has 0 bridgehead atoms. The first-order valence-electron chi connectivity index (χ1n) is 7.62. The first kappa shape index (κ1) is 16.6. The van der Waals surface area contributed by atoms with E-state index in [1.165, 1.54) is 10.7 Å². The Balaban J connectivity index is 1.75. The van der Waals surface area contributed by atoms with Gasteiger partial charge in [-0.25, -0.2) is 9.50 Å². The molecule has 3 aromatic heterocycles. The Morgan fingerprint density at radius 2 is 1.96 bits per heavy atom. The molecule has 9 heteroatoms. The maximum Gasteiger partial charge on any atom is 0.261 e. The summed E-state index contributed by atoms with van der Waals surface area (Å²) >= 11 is 12.6. The Bertz CT molecular complexity index is 1110. The van der Waals surface area contributed by atoms with Gasteiger partial charge in [-0.3, -0.25) is 9.48 Å². The van der Waals surface area contributed by atoms with Crippen molar-refractivity contribution >= 4 is 40.4 Å². The fourth-order valence-electron chi connectivity index (χ4n) is 2.67. The summed E-state index contributed by atoms with van der Waals surface area (Å²) in [7, 11) is 1.75. The van der Waals surface area contributed by atoms with Crippen LogP contribution < -0.4 is 5.32 Å². The highest BCUT2D eigenvalue weighted by Crippen LogP contribution is 2.37. The van der Waals surface area contributed by atoms with Gasteiger partial charge in [0, 0.05) is 31.2 Å². The highest BCUT2D eigenvalue weighted by Gasteiger charge is 2.20. The van der Waals surface area contributed by atoms with E-state index in [1.807, 2.05) is 0 Å². The largest absolute Gasteiger partial charge is 0.319 e. The van der Waals surface area contributed by atoms with E-state index in [0.717, 1.165) is 0 Å². The van der Waals surface area contributed by atoms with Crippen molar-refractivity contribution in [3.8, 4) is 11.3 Å². The van der Waals surface area contributed by atoms with Gasteiger partial charge in [0.1, 0.15) is 11.3 Å². The van der Waals surface area contributed by atoms with Crippen molar-refractivity contribution in [1.82, 2.24) is 24.4 Å². The van der Waals surface area contributed by atoms with E-state index in [9.17, 15) is 4.79 Å². The third-order valence-corrected chi connectivity index (χ3v) is 4.43. The molecule has 0 aliphatic rings. The Morgan fingerprint density at radius 3 is 2.73 bits per heavy atom. The molecule has 130 valence electrons. The standard InChI is InChI=1S/C17H12Cl2N6O/c1-24-9-13(15(23-24)14-11(18)4-2-5-12(14)19)22-17(26)10-8-21-25-7-3-6-20-16(10)25/h2-9H,1H3,(H,22,26). The van der Waals surface area contributed by atoms with Gasteiger partial charge in [-0.15, -0.1) is 0 Å². The van der Waals surface area contributed by atoms with E-state index < -0.39 is 0 Å². The van der Waals surface area contributed by atoms with Crippen molar-refractivity contribution in [3.05, 3.63) is 64.7 Å². The van der Waals surface area contributed by atoms with Crippen molar-refractivity contribution in [2.24, 2.45) is 7.05 Å². The van der Waals surface area contributed by atoms with Crippen molar-refractivity contribution in [1.29, 1.82) is 0 Å². The number of rotatable bonds is 3. The van der Waals surface area contributed by atoms with Crippen LogP contribution in [0.5, 0.6) is 0 Å². The van der Waals surface area contributed by atoms with Crippen LogP contribution in [-0.2, 0) is 7.05 Å². The minimum Gasteiger partial charge on any atom is -0.319 e. The molecule has 26 heavy (non-hydrogen) atoms. The lowest BCUT2D eigenvalue weighted by Crippen LogP contribution is -2.12. The Morgan fingerprint density at radius 1 is 1.19 bits per heavy atom. The van der Waals surface area contributed by atoms with E-state index in [2.05, 4.69) is 20.5 Å². The van der Waals surface area contributed by atoms with Crippen LogP contribution in [0.2, 0.25) is 10.0 Å². The van der Waals surface area contributed by atoms with Crippen molar-refractivity contribution in [3.63, 3.8) is 0 Å². The van der Waals surface area contributed by atoms with E-state index in [-0.39, 0.29) is 5.91 Å². The normalized spacial score (nSPS) is 11.0. The Hall–Kier alpha value is -2.90. The molecule has 1 amide bonds. The number of aryl methyl sites for hydroxylation is 1. The van der Waals surface area contributed by atoms with Gasteiger partial charge in [-0.1, -0.05) is 29.3 Å². The van der Waals surface area contributed by atoms with Crippen molar-refractivity contribution < 1.29 is 4.79 Å². The number of hydrogen-bond donors (Lipinski definition) is 1. The molecule has 0 radical (unpaired) electrons. The van der Waals surface area contributed by atoms with Gasteiger partial charge in [0.05, 0.1) is 21.9 Å². The van der Waals surface area contributed by atoms with Crippen LogP contribution in [0.4, 0.5) is 5.69 Å². The van der Waals surface area contributed by atoms with E-state index in [4.69, 9.17) is 23.2 Å². The number of nitrogens with one attached hydrogen (secondary N) is 1. The molecule has 0 saturated heterocycles. The molecule has 0 unspecified atom stereocenters. The van der Waals surface area contributed by atoms with Gasteiger partial charge in [0.25, 0.3) is 5.91 Å². The number of carbonyl (C=O) groups is 1. The molecule has 4 rings (SSSR count). The van der Waals surface area contributed by atoms with Gasteiger partial charge < -0.3 is 5.32 Å². The third-order valence-electron chi connectivity index (χ3n) is 3.80. The second-order valence-corrected chi connectivity index (χ2v) is 6.38. The fourth-order valence-corrected chi connectivity index (χ4v) is 3.24. The lowest BCUT2D eigenvalue weighted by molar-refractivity contribution is 0.102. The van der Waals surface area contributed by atoms with Gasteiger partial charge in [-0.05, 0) is 18.2 Å². The lowest BCUT2D eigenvalue weighted by Gasteiger charge is -2.07. The van der Waals surface area contributed by atoms with E-state index >= 15 is 0 Å². The minimum absolute atomic E-state index is 0.351. The predicted molar refractivity (Wildman–Crippen MR) is 99.6 cm³/mol. The molecule has 0 fully saturated rings. The Labute approximate surface area is 158 Å². The molecule has 3 heterocycles. The summed E-state index contributed by atoms with van der Waals surface area (Å²) in [6.07, 6.45) is 6.48. The van der Waals surface area contributed by atoms with Crippen molar-refractivity contribution in [2.45, 2.75) is 0 Å². The summed E-state index contributed by atoms with van der Waals surface area (Å²) < 4.78 is 3.11. The first-order chi connectivity index (χ1) is 12.5. The fraction of sp³-hybridized carbons (Fsp3) is 0.0588. The van der Waals surface area contributed by atoms with Crippen LogP contribution in [0, 0.1) is 0 Å². The Kier molecular flexibility index (Phi) is 4.10. The third kappa shape index (κ3) is 2.81. The summed E-state index contributed by atoms with van der Waals surface area (Å²) in [4.78, 5) is 16.9. The number of nitrogens with zero attached hydrogens (tertiary/aromatic N) is 5. The number of hydrogen-bond acceptors (Lipinski definition) is 4. The van der Waals surface area contributed by atoms with Gasteiger partial charge in [0.2, 0.25) is 0 Å². The number of halogens is 2. The molecule has 0 atom stereocenters. The molecule has 1 aromatic carbocycles. The number of amides is 1. The zero-order chi connectivity index (χ0) is 18.3. The van der Waals surface area contributed by atoms with Gasteiger partial charge in [-0.2, -0.15) is 10.2 Å². The molecule has 0 saturated carbocycles. The van der Waals surface area contributed by atoms with Gasteiger partial charge >= 0.3 is 0 Å². The number of aromatic nitrogens is 5. The second kappa shape index (κ2) is 6.44. The SMILES string of the molecule is Cn1cc(NC(=O)c2cnn3cccnc23)c(-c2c(Cl)cccc2Cl)n1. The number of carbonyl (C=O) groups excluding carboxylic acids is 1. The quantitative estimate of drug-likeness (QED) is 0.582. The summed E-state index contributed by atoms with van der Waals surface area (Å²) in [6, 6.07) is 6.93. The zero-order valence-corrected chi connectivity index (χ0v) is 15.0. The maximum absolute atomic E-state index is 12.7. The molecule has 1 N–H and O–H groups in total. The van der Waals surface area contributed by atoms with Crippen LogP contribution in [0.3, 0.4) is 0 Å². The summed E-state index contributed by atoms with van der Waals surface area (Å²) in [5, 5.41) is 12.3. The van der Waals surface area contributed by atoms with Crippen LogP contribution in [0.25, 0.3) is 16.9 Å².